The summed E-state index contributed by atoms with van der Waals surface area (Å²) in [5.41, 5.74) is 0.244. The summed E-state index contributed by atoms with van der Waals surface area (Å²) in [6, 6.07) is 12.5. The second kappa shape index (κ2) is 6.75. The molecule has 1 aromatic carbocycles. The highest BCUT2D eigenvalue weighted by Crippen LogP contribution is 2.22. The Morgan fingerprint density at radius 1 is 1.09 bits per heavy atom. The number of carbonyl (C=O) groups excluding carboxylic acids is 2. The quantitative estimate of drug-likeness (QED) is 0.877. The molecule has 0 unspecified atom stereocenters. The van der Waals surface area contributed by atoms with Crippen LogP contribution in [0.3, 0.4) is 0 Å². The predicted molar refractivity (Wildman–Crippen MR) is 86.8 cm³/mol. The van der Waals surface area contributed by atoms with Crippen LogP contribution in [0.5, 0.6) is 0 Å². The highest BCUT2D eigenvalue weighted by molar-refractivity contribution is 7.11. The largest absolute Gasteiger partial charge is 0.443 e. The first kappa shape index (κ1) is 16.2. The van der Waals surface area contributed by atoms with E-state index in [1.54, 1.807) is 29.6 Å². The van der Waals surface area contributed by atoms with Crippen LogP contribution < -0.4 is 5.32 Å². The highest BCUT2D eigenvalue weighted by atomic mass is 32.1. The molecule has 1 heterocycles. The topological polar surface area (TPSA) is 55.4 Å². The monoisotopic (exact) mass is 317 g/mol. The summed E-state index contributed by atoms with van der Waals surface area (Å²) in [6.07, 6.45) is -0.963. The van der Waals surface area contributed by atoms with Crippen LogP contribution in [0.25, 0.3) is 0 Å². The van der Waals surface area contributed by atoms with E-state index in [0.29, 0.717) is 10.4 Å². The maximum absolute atomic E-state index is 12.5. The van der Waals surface area contributed by atoms with Crippen molar-refractivity contribution in [3.63, 3.8) is 0 Å². The molecule has 2 rings (SSSR count). The summed E-state index contributed by atoms with van der Waals surface area (Å²) in [5.74, 6) is -0.823. The van der Waals surface area contributed by atoms with Crippen molar-refractivity contribution >= 4 is 23.2 Å². The van der Waals surface area contributed by atoms with Crippen LogP contribution in [0.1, 0.15) is 42.1 Å². The molecule has 4 nitrogen and oxygen atoms in total. The van der Waals surface area contributed by atoms with Crippen LogP contribution in [0.2, 0.25) is 0 Å². The average Bonchev–Trinajstić information content (AvgIpc) is 2.97. The molecule has 2 aromatic rings. The number of rotatable bonds is 4. The molecular formula is C17H19NO3S. The molecular weight excluding hydrogens is 298 g/mol. The van der Waals surface area contributed by atoms with Crippen molar-refractivity contribution in [3.8, 4) is 0 Å². The van der Waals surface area contributed by atoms with Gasteiger partial charge in [-0.15, -0.1) is 11.3 Å². The van der Waals surface area contributed by atoms with Gasteiger partial charge in [-0.2, -0.15) is 0 Å². The fraction of sp³-hybridized carbons (Fsp3) is 0.294. The first-order chi connectivity index (χ1) is 10.4. The fourth-order valence-electron chi connectivity index (χ4n) is 1.90. The van der Waals surface area contributed by atoms with Gasteiger partial charge in [0.25, 0.3) is 5.91 Å². The Bertz CT molecular complexity index is 630. The molecule has 5 heteroatoms. The van der Waals surface area contributed by atoms with Gasteiger partial charge in [-0.1, -0.05) is 36.4 Å². The molecule has 0 aliphatic carbocycles. The van der Waals surface area contributed by atoms with Gasteiger partial charge in [0.1, 0.15) is 4.88 Å². The smallest absolute Gasteiger partial charge is 0.349 e. The molecule has 0 spiro atoms. The van der Waals surface area contributed by atoms with E-state index in [9.17, 15) is 9.59 Å². The van der Waals surface area contributed by atoms with Crippen LogP contribution in [-0.4, -0.2) is 17.4 Å². The van der Waals surface area contributed by atoms with E-state index < -0.39 is 17.6 Å². The Balaban J connectivity index is 2.22. The second-order valence-corrected chi connectivity index (χ2v) is 6.86. The lowest BCUT2D eigenvalue weighted by Crippen LogP contribution is -2.44. The number of ether oxygens (including phenoxy) is 1. The number of hydrogen-bond donors (Lipinski definition) is 1. The number of nitrogens with one attached hydrogen (secondary N) is 1. The molecule has 116 valence electrons. The Kier molecular flexibility index (Phi) is 4.98. The number of thiophene rings is 1. The van der Waals surface area contributed by atoms with Gasteiger partial charge in [0.15, 0.2) is 0 Å². The third-order valence-electron chi connectivity index (χ3n) is 2.79. The predicted octanol–water partition coefficient (Wildman–Crippen LogP) is 3.56. The lowest BCUT2D eigenvalue weighted by molar-refractivity contribution is -0.131. The van der Waals surface area contributed by atoms with Gasteiger partial charge in [0, 0.05) is 11.1 Å². The van der Waals surface area contributed by atoms with E-state index in [-0.39, 0.29) is 5.91 Å². The first-order valence-electron chi connectivity index (χ1n) is 6.98. The number of esters is 1. The zero-order chi connectivity index (χ0) is 16.2. The van der Waals surface area contributed by atoms with Gasteiger partial charge in [-0.3, -0.25) is 4.79 Å². The van der Waals surface area contributed by atoms with Crippen LogP contribution in [0.15, 0.2) is 47.8 Å². The van der Waals surface area contributed by atoms with Crippen molar-refractivity contribution in [2.24, 2.45) is 0 Å². The molecule has 1 N–H and O–H groups in total. The molecule has 0 aliphatic heterocycles. The molecule has 1 amide bonds. The lowest BCUT2D eigenvalue weighted by atomic mass is 10.1. The molecule has 1 aromatic heterocycles. The van der Waals surface area contributed by atoms with Crippen LogP contribution in [-0.2, 0) is 9.53 Å². The maximum atomic E-state index is 12.5. The highest BCUT2D eigenvalue weighted by Gasteiger charge is 2.28. The fourth-order valence-corrected chi connectivity index (χ4v) is 2.50. The SMILES string of the molecule is CC(C)(C)NC(=O)[C@@H](OC(=O)c1cccs1)c1ccccc1. The maximum Gasteiger partial charge on any atom is 0.349 e. The summed E-state index contributed by atoms with van der Waals surface area (Å²) in [6.45, 7) is 5.65. The van der Waals surface area contributed by atoms with Gasteiger partial charge in [0.2, 0.25) is 6.10 Å². The number of hydrogen-bond acceptors (Lipinski definition) is 4. The van der Waals surface area contributed by atoms with E-state index in [1.807, 2.05) is 39.0 Å². The Labute approximate surface area is 134 Å². The number of benzene rings is 1. The van der Waals surface area contributed by atoms with Crippen molar-refractivity contribution in [1.29, 1.82) is 0 Å². The lowest BCUT2D eigenvalue weighted by Gasteiger charge is -2.25. The Hall–Kier alpha value is -2.14. The van der Waals surface area contributed by atoms with Gasteiger partial charge >= 0.3 is 5.97 Å². The van der Waals surface area contributed by atoms with Crippen LogP contribution in [0.4, 0.5) is 0 Å². The molecule has 0 aliphatic rings. The standard InChI is InChI=1S/C17H19NO3S/c1-17(2,3)18-15(19)14(12-8-5-4-6-9-12)21-16(20)13-10-7-11-22-13/h4-11,14H,1-3H3,(H,18,19)/t14-/m0/s1. The minimum atomic E-state index is -0.963. The number of carbonyl (C=O) groups is 2. The van der Waals surface area contributed by atoms with Crippen LogP contribution in [0, 0.1) is 0 Å². The van der Waals surface area contributed by atoms with Gasteiger partial charge in [-0.25, -0.2) is 4.79 Å². The minimum absolute atomic E-state index is 0.330. The van der Waals surface area contributed by atoms with E-state index in [1.165, 1.54) is 11.3 Å². The van der Waals surface area contributed by atoms with Crippen molar-refractivity contribution in [1.82, 2.24) is 5.32 Å². The van der Waals surface area contributed by atoms with Crippen molar-refractivity contribution in [2.75, 3.05) is 0 Å². The zero-order valence-corrected chi connectivity index (χ0v) is 13.6. The molecule has 0 fully saturated rings. The molecule has 0 saturated heterocycles. The van der Waals surface area contributed by atoms with E-state index in [2.05, 4.69) is 5.32 Å². The normalized spacial score (nSPS) is 12.5. The third kappa shape index (κ3) is 4.43. The van der Waals surface area contributed by atoms with Crippen molar-refractivity contribution in [3.05, 3.63) is 58.3 Å². The minimum Gasteiger partial charge on any atom is -0.443 e. The summed E-state index contributed by atoms with van der Waals surface area (Å²) in [4.78, 5) is 25.1. The van der Waals surface area contributed by atoms with E-state index >= 15 is 0 Å². The van der Waals surface area contributed by atoms with Gasteiger partial charge in [-0.05, 0) is 32.2 Å². The second-order valence-electron chi connectivity index (χ2n) is 5.91. The summed E-state index contributed by atoms with van der Waals surface area (Å²) >= 11 is 1.29. The molecule has 1 atom stereocenters. The Morgan fingerprint density at radius 2 is 1.77 bits per heavy atom. The number of amides is 1. The zero-order valence-electron chi connectivity index (χ0n) is 12.8. The van der Waals surface area contributed by atoms with Gasteiger partial charge in [0.05, 0.1) is 0 Å². The molecule has 0 radical (unpaired) electrons. The molecule has 0 bridgehead atoms. The van der Waals surface area contributed by atoms with Gasteiger partial charge < -0.3 is 10.1 Å². The summed E-state index contributed by atoms with van der Waals surface area (Å²) in [7, 11) is 0. The van der Waals surface area contributed by atoms with Crippen molar-refractivity contribution < 1.29 is 14.3 Å². The first-order valence-corrected chi connectivity index (χ1v) is 7.86. The van der Waals surface area contributed by atoms with E-state index in [0.717, 1.165) is 0 Å². The average molecular weight is 317 g/mol. The van der Waals surface area contributed by atoms with E-state index in [4.69, 9.17) is 4.74 Å². The summed E-state index contributed by atoms with van der Waals surface area (Å²) < 4.78 is 5.45. The van der Waals surface area contributed by atoms with Crippen molar-refractivity contribution in [2.45, 2.75) is 32.4 Å². The molecule has 0 saturated carbocycles. The summed E-state index contributed by atoms with van der Waals surface area (Å²) in [5, 5.41) is 4.65. The Morgan fingerprint density at radius 3 is 2.32 bits per heavy atom. The third-order valence-corrected chi connectivity index (χ3v) is 3.64. The van der Waals surface area contributed by atoms with Crippen LogP contribution >= 0.6 is 11.3 Å². The molecule has 22 heavy (non-hydrogen) atoms.